The molecule has 1 saturated carbocycles. The van der Waals surface area contributed by atoms with E-state index in [1.807, 2.05) is 0 Å². The van der Waals surface area contributed by atoms with Crippen molar-refractivity contribution in [3.8, 4) is 0 Å². The zero-order valence-corrected chi connectivity index (χ0v) is 12.9. The van der Waals surface area contributed by atoms with Gasteiger partial charge in [-0.2, -0.15) is 0 Å². The van der Waals surface area contributed by atoms with Crippen molar-refractivity contribution in [2.24, 2.45) is 11.8 Å². The number of nitrogens with one attached hydrogen (secondary N) is 1. The van der Waals surface area contributed by atoms with Gasteiger partial charge in [0.2, 0.25) is 5.91 Å². The molecule has 6 nitrogen and oxygen atoms in total. The van der Waals surface area contributed by atoms with Gasteiger partial charge in [-0.15, -0.1) is 0 Å². The largest absolute Gasteiger partial charge is 0.481 e. The van der Waals surface area contributed by atoms with Crippen LogP contribution in [-0.4, -0.2) is 60.3 Å². The number of ether oxygens (including phenoxy) is 1. The van der Waals surface area contributed by atoms with Crippen molar-refractivity contribution in [2.45, 2.75) is 38.6 Å². The summed E-state index contributed by atoms with van der Waals surface area (Å²) in [5.41, 5.74) is -0.107. The Morgan fingerprint density at radius 3 is 2.43 bits per heavy atom. The zero-order chi connectivity index (χ0) is 15.5. The fraction of sp³-hybridized carbons (Fsp3) is 0.867. The van der Waals surface area contributed by atoms with E-state index in [0.29, 0.717) is 25.8 Å². The first kappa shape index (κ1) is 16.2. The zero-order valence-electron chi connectivity index (χ0n) is 12.9. The molecule has 2 atom stereocenters. The maximum atomic E-state index is 12.2. The van der Waals surface area contributed by atoms with Crippen LogP contribution in [0.25, 0.3) is 0 Å². The van der Waals surface area contributed by atoms with Gasteiger partial charge in [-0.05, 0) is 33.1 Å². The lowest BCUT2D eigenvalue weighted by Gasteiger charge is -2.41. The van der Waals surface area contributed by atoms with E-state index in [4.69, 9.17) is 9.84 Å². The van der Waals surface area contributed by atoms with Crippen LogP contribution in [0.3, 0.4) is 0 Å². The third kappa shape index (κ3) is 4.17. The van der Waals surface area contributed by atoms with Crippen LogP contribution in [0, 0.1) is 11.8 Å². The summed E-state index contributed by atoms with van der Waals surface area (Å²) in [5.74, 6) is -1.28. The lowest BCUT2D eigenvalue weighted by molar-refractivity contribution is -0.141. The molecular weight excluding hydrogens is 272 g/mol. The molecule has 0 unspecified atom stereocenters. The summed E-state index contributed by atoms with van der Waals surface area (Å²) in [6, 6.07) is 0. The molecule has 1 amide bonds. The fourth-order valence-electron chi connectivity index (χ4n) is 3.17. The summed E-state index contributed by atoms with van der Waals surface area (Å²) in [7, 11) is 0. The number of nitrogens with zero attached hydrogens (tertiary/aromatic N) is 1. The van der Waals surface area contributed by atoms with Gasteiger partial charge in [0.25, 0.3) is 0 Å². The second kappa shape index (κ2) is 6.75. The Balaban J connectivity index is 1.79. The SMILES string of the molecule is CC(C)(CNC(=O)[C@@H]1CC[C@H](C(=O)O)C1)N1CCOCC1. The molecule has 1 heterocycles. The molecule has 0 aromatic heterocycles. The minimum absolute atomic E-state index is 0.0000782. The summed E-state index contributed by atoms with van der Waals surface area (Å²) < 4.78 is 5.35. The van der Waals surface area contributed by atoms with E-state index in [1.165, 1.54) is 0 Å². The van der Waals surface area contributed by atoms with Crippen LogP contribution in [-0.2, 0) is 14.3 Å². The number of rotatable bonds is 5. The van der Waals surface area contributed by atoms with Gasteiger partial charge >= 0.3 is 5.97 Å². The van der Waals surface area contributed by atoms with Crippen LogP contribution in [0.1, 0.15) is 33.1 Å². The number of hydrogen-bond donors (Lipinski definition) is 2. The van der Waals surface area contributed by atoms with Gasteiger partial charge in [-0.3, -0.25) is 14.5 Å². The Morgan fingerprint density at radius 1 is 1.24 bits per heavy atom. The molecular formula is C15H26N2O4. The van der Waals surface area contributed by atoms with Gasteiger partial charge in [0.05, 0.1) is 19.1 Å². The first-order chi connectivity index (χ1) is 9.90. The molecule has 0 bridgehead atoms. The van der Waals surface area contributed by atoms with Crippen molar-refractivity contribution in [2.75, 3.05) is 32.8 Å². The van der Waals surface area contributed by atoms with E-state index >= 15 is 0 Å². The normalized spacial score (nSPS) is 27.5. The standard InChI is InChI=1S/C15H26N2O4/c1-15(2,17-5-7-21-8-6-17)10-16-13(18)11-3-4-12(9-11)14(19)20/h11-12H,3-10H2,1-2H3,(H,16,18)(H,19,20)/t11-,12+/m1/s1. The fourth-order valence-corrected chi connectivity index (χ4v) is 3.17. The number of carboxylic acids is 1. The minimum Gasteiger partial charge on any atom is -0.481 e. The second-order valence-electron chi connectivity index (χ2n) is 6.67. The Morgan fingerprint density at radius 2 is 1.86 bits per heavy atom. The number of carbonyl (C=O) groups excluding carboxylic acids is 1. The van der Waals surface area contributed by atoms with E-state index in [-0.39, 0.29) is 23.3 Å². The van der Waals surface area contributed by atoms with Gasteiger partial charge in [0, 0.05) is 31.1 Å². The lowest BCUT2D eigenvalue weighted by atomic mass is 10.0. The molecule has 120 valence electrons. The summed E-state index contributed by atoms with van der Waals surface area (Å²) >= 11 is 0. The third-order valence-electron chi connectivity index (χ3n) is 4.72. The highest BCUT2D eigenvalue weighted by molar-refractivity contribution is 5.80. The van der Waals surface area contributed by atoms with Crippen molar-refractivity contribution in [3.63, 3.8) is 0 Å². The van der Waals surface area contributed by atoms with E-state index < -0.39 is 5.97 Å². The number of amides is 1. The molecule has 1 aliphatic carbocycles. The van der Waals surface area contributed by atoms with Gasteiger partial charge in [-0.25, -0.2) is 0 Å². The van der Waals surface area contributed by atoms with Crippen molar-refractivity contribution in [3.05, 3.63) is 0 Å². The average Bonchev–Trinajstić information content (AvgIpc) is 2.96. The molecule has 2 fully saturated rings. The van der Waals surface area contributed by atoms with Crippen LogP contribution in [0.5, 0.6) is 0 Å². The molecule has 1 aliphatic heterocycles. The first-order valence-electron chi connectivity index (χ1n) is 7.73. The average molecular weight is 298 g/mol. The maximum Gasteiger partial charge on any atom is 0.306 e. The Hall–Kier alpha value is -1.14. The molecule has 2 aliphatic rings. The second-order valence-corrected chi connectivity index (χ2v) is 6.67. The van der Waals surface area contributed by atoms with Crippen LogP contribution in [0.4, 0.5) is 0 Å². The monoisotopic (exact) mass is 298 g/mol. The number of carbonyl (C=O) groups is 2. The molecule has 2 N–H and O–H groups in total. The number of aliphatic carboxylic acids is 1. The van der Waals surface area contributed by atoms with Crippen LogP contribution < -0.4 is 5.32 Å². The van der Waals surface area contributed by atoms with Gasteiger partial charge in [0.1, 0.15) is 0 Å². The predicted octanol–water partition coefficient (Wildman–Crippen LogP) is 0.714. The molecule has 21 heavy (non-hydrogen) atoms. The first-order valence-corrected chi connectivity index (χ1v) is 7.73. The van der Waals surface area contributed by atoms with Crippen molar-refractivity contribution in [1.82, 2.24) is 10.2 Å². The van der Waals surface area contributed by atoms with Crippen molar-refractivity contribution < 1.29 is 19.4 Å². The smallest absolute Gasteiger partial charge is 0.306 e. The van der Waals surface area contributed by atoms with Crippen LogP contribution >= 0.6 is 0 Å². The highest BCUT2D eigenvalue weighted by Crippen LogP contribution is 2.31. The Labute approximate surface area is 125 Å². The Bertz CT molecular complexity index is 391. The Kier molecular flexibility index (Phi) is 5.22. The van der Waals surface area contributed by atoms with E-state index in [9.17, 15) is 9.59 Å². The molecule has 0 aromatic carbocycles. The topological polar surface area (TPSA) is 78.9 Å². The van der Waals surface area contributed by atoms with Crippen molar-refractivity contribution in [1.29, 1.82) is 0 Å². The van der Waals surface area contributed by atoms with E-state index in [1.54, 1.807) is 0 Å². The molecule has 0 spiro atoms. The highest BCUT2D eigenvalue weighted by Gasteiger charge is 2.35. The van der Waals surface area contributed by atoms with Gasteiger partial charge in [0.15, 0.2) is 0 Å². The highest BCUT2D eigenvalue weighted by atomic mass is 16.5. The third-order valence-corrected chi connectivity index (χ3v) is 4.72. The summed E-state index contributed by atoms with van der Waals surface area (Å²) in [6.45, 7) is 8.06. The van der Waals surface area contributed by atoms with Crippen LogP contribution in [0.2, 0.25) is 0 Å². The number of carboxylic acid groups (broad SMARTS) is 1. The van der Waals surface area contributed by atoms with Crippen LogP contribution in [0.15, 0.2) is 0 Å². The minimum atomic E-state index is -0.779. The summed E-state index contributed by atoms with van der Waals surface area (Å²) in [6.07, 6.45) is 1.76. The predicted molar refractivity (Wildman–Crippen MR) is 77.9 cm³/mol. The molecule has 0 radical (unpaired) electrons. The molecule has 6 heteroatoms. The van der Waals surface area contributed by atoms with Gasteiger partial charge in [-0.1, -0.05) is 0 Å². The van der Waals surface area contributed by atoms with Crippen molar-refractivity contribution >= 4 is 11.9 Å². The van der Waals surface area contributed by atoms with Gasteiger partial charge < -0.3 is 15.2 Å². The maximum absolute atomic E-state index is 12.2. The summed E-state index contributed by atoms with van der Waals surface area (Å²) in [4.78, 5) is 25.5. The summed E-state index contributed by atoms with van der Waals surface area (Å²) in [5, 5.41) is 12.0. The van der Waals surface area contributed by atoms with E-state index in [2.05, 4.69) is 24.1 Å². The molecule has 2 rings (SSSR count). The molecule has 0 aromatic rings. The number of morpholine rings is 1. The quantitative estimate of drug-likeness (QED) is 0.781. The lowest BCUT2D eigenvalue weighted by Crippen LogP contribution is -2.55. The number of hydrogen-bond acceptors (Lipinski definition) is 4. The molecule has 1 saturated heterocycles. The van der Waals surface area contributed by atoms with E-state index in [0.717, 1.165) is 26.3 Å².